The van der Waals surface area contributed by atoms with Gasteiger partial charge in [-0.05, 0) is 58.4 Å². The summed E-state index contributed by atoms with van der Waals surface area (Å²) in [5, 5.41) is 11.5. The van der Waals surface area contributed by atoms with Crippen LogP contribution in [-0.4, -0.2) is 50.8 Å². The Morgan fingerprint density at radius 2 is 1.86 bits per heavy atom. The van der Waals surface area contributed by atoms with Crippen molar-refractivity contribution < 1.29 is 14.1 Å². The molecule has 0 spiro atoms. The molecule has 1 aliphatic heterocycles. The van der Waals surface area contributed by atoms with Crippen LogP contribution < -0.4 is 5.32 Å². The summed E-state index contributed by atoms with van der Waals surface area (Å²) in [5.41, 5.74) is 3.11. The molecule has 2 fully saturated rings. The van der Waals surface area contributed by atoms with Gasteiger partial charge in [0.15, 0.2) is 0 Å². The number of rotatable bonds is 4. The normalized spacial score (nSPS) is 23.9. The Kier molecular flexibility index (Phi) is 4.72. The van der Waals surface area contributed by atoms with Crippen LogP contribution in [0.5, 0.6) is 0 Å². The van der Waals surface area contributed by atoms with E-state index >= 15 is 0 Å². The molecule has 2 aromatic heterocycles. The second kappa shape index (κ2) is 7.07. The van der Waals surface area contributed by atoms with E-state index in [-0.39, 0.29) is 36.2 Å². The first kappa shape index (κ1) is 18.7. The standard InChI is InChI=1S/C20H27N5O3/c1-11-7-12(2)25(22-11)10-17(26)21-19-15-5-6-16(19)9-24(8-15)20(27)18-13(3)23-28-14(18)4/h7,15-16,19H,5-6,8-10H2,1-4H3,(H,21,26)/t15-,16+,19?. The van der Waals surface area contributed by atoms with Crippen molar-refractivity contribution in [1.82, 2.24) is 25.2 Å². The molecule has 8 heteroatoms. The lowest BCUT2D eigenvalue weighted by Crippen LogP contribution is -2.54. The van der Waals surface area contributed by atoms with Gasteiger partial charge in [0.2, 0.25) is 5.91 Å². The molecule has 3 atom stereocenters. The highest BCUT2D eigenvalue weighted by Gasteiger charge is 2.44. The fourth-order valence-corrected chi connectivity index (χ4v) is 4.77. The summed E-state index contributed by atoms with van der Waals surface area (Å²) < 4.78 is 6.89. The van der Waals surface area contributed by atoms with Crippen LogP contribution in [0.15, 0.2) is 10.6 Å². The van der Waals surface area contributed by atoms with Crippen LogP contribution in [0.1, 0.15) is 46.0 Å². The highest BCUT2D eigenvalue weighted by Crippen LogP contribution is 2.37. The Balaban J connectivity index is 1.41. The second-order valence-corrected chi connectivity index (χ2v) is 8.18. The van der Waals surface area contributed by atoms with Gasteiger partial charge in [-0.25, -0.2) is 0 Å². The summed E-state index contributed by atoms with van der Waals surface area (Å²) in [4.78, 5) is 27.4. The molecular formula is C20H27N5O3. The lowest BCUT2D eigenvalue weighted by molar-refractivity contribution is -0.123. The first-order chi connectivity index (χ1) is 13.3. The van der Waals surface area contributed by atoms with E-state index in [1.165, 1.54) is 0 Å². The third-order valence-corrected chi connectivity index (χ3v) is 6.09. The maximum absolute atomic E-state index is 13.0. The number of likely N-dealkylation sites (tertiary alicyclic amines) is 1. The number of aromatic nitrogens is 3. The van der Waals surface area contributed by atoms with Gasteiger partial charge in [0.1, 0.15) is 17.9 Å². The Morgan fingerprint density at radius 3 is 2.39 bits per heavy atom. The number of nitrogens with one attached hydrogen (secondary N) is 1. The van der Waals surface area contributed by atoms with E-state index in [1.54, 1.807) is 18.5 Å². The van der Waals surface area contributed by atoms with E-state index in [4.69, 9.17) is 4.52 Å². The zero-order valence-electron chi connectivity index (χ0n) is 16.9. The summed E-state index contributed by atoms with van der Waals surface area (Å²) in [5.74, 6) is 1.11. The SMILES string of the molecule is Cc1cc(C)n(CC(=O)NC2[C@@H]3CC[C@H]2CN(C(=O)c2c(C)noc2C)C3)n1. The van der Waals surface area contributed by atoms with Crippen LogP contribution in [0.25, 0.3) is 0 Å². The predicted molar refractivity (Wildman–Crippen MR) is 102 cm³/mol. The highest BCUT2D eigenvalue weighted by molar-refractivity contribution is 5.96. The van der Waals surface area contributed by atoms with Crippen LogP contribution in [-0.2, 0) is 11.3 Å². The number of fused-ring (bicyclic) bond motifs is 2. The molecule has 1 aliphatic carbocycles. The zero-order valence-corrected chi connectivity index (χ0v) is 16.9. The summed E-state index contributed by atoms with van der Waals surface area (Å²) in [6.45, 7) is 8.99. The van der Waals surface area contributed by atoms with Crippen molar-refractivity contribution in [3.05, 3.63) is 34.5 Å². The number of carbonyl (C=O) groups excluding carboxylic acids is 2. The number of aryl methyl sites for hydroxylation is 4. The molecule has 1 N–H and O–H groups in total. The minimum Gasteiger partial charge on any atom is -0.361 e. The van der Waals surface area contributed by atoms with Gasteiger partial charge in [-0.15, -0.1) is 0 Å². The van der Waals surface area contributed by atoms with E-state index in [9.17, 15) is 9.59 Å². The molecule has 0 radical (unpaired) electrons. The molecule has 28 heavy (non-hydrogen) atoms. The zero-order chi connectivity index (χ0) is 20.0. The minimum atomic E-state index is -0.0152. The first-order valence-electron chi connectivity index (χ1n) is 9.86. The van der Waals surface area contributed by atoms with E-state index in [2.05, 4.69) is 15.6 Å². The molecule has 2 bridgehead atoms. The van der Waals surface area contributed by atoms with Crippen LogP contribution in [0.2, 0.25) is 0 Å². The monoisotopic (exact) mass is 385 g/mol. The van der Waals surface area contributed by atoms with E-state index in [0.29, 0.717) is 30.1 Å². The van der Waals surface area contributed by atoms with E-state index in [1.807, 2.05) is 24.8 Å². The quantitative estimate of drug-likeness (QED) is 0.866. The van der Waals surface area contributed by atoms with Crippen molar-refractivity contribution >= 4 is 11.8 Å². The summed E-state index contributed by atoms with van der Waals surface area (Å²) in [7, 11) is 0. The molecule has 2 amide bonds. The molecule has 8 nitrogen and oxygen atoms in total. The van der Waals surface area contributed by atoms with Gasteiger partial charge >= 0.3 is 0 Å². The lowest BCUT2D eigenvalue weighted by atomic mass is 9.91. The van der Waals surface area contributed by atoms with Crippen molar-refractivity contribution in [2.75, 3.05) is 13.1 Å². The Hall–Kier alpha value is -2.64. The summed E-state index contributed by atoms with van der Waals surface area (Å²) in [6, 6.07) is 2.09. The minimum absolute atomic E-state index is 0.0134. The molecule has 2 aromatic rings. The lowest BCUT2D eigenvalue weighted by Gasteiger charge is -2.38. The molecule has 3 heterocycles. The second-order valence-electron chi connectivity index (χ2n) is 8.18. The molecule has 4 rings (SSSR count). The highest BCUT2D eigenvalue weighted by atomic mass is 16.5. The van der Waals surface area contributed by atoms with Crippen LogP contribution in [0, 0.1) is 39.5 Å². The van der Waals surface area contributed by atoms with Crippen molar-refractivity contribution in [2.24, 2.45) is 11.8 Å². The van der Waals surface area contributed by atoms with Crippen molar-refractivity contribution in [1.29, 1.82) is 0 Å². The van der Waals surface area contributed by atoms with Gasteiger partial charge in [-0.2, -0.15) is 5.10 Å². The third-order valence-electron chi connectivity index (χ3n) is 6.09. The summed E-state index contributed by atoms with van der Waals surface area (Å²) in [6.07, 6.45) is 2.06. The van der Waals surface area contributed by atoms with Crippen molar-refractivity contribution in [2.45, 2.75) is 53.1 Å². The largest absolute Gasteiger partial charge is 0.361 e. The molecule has 1 unspecified atom stereocenters. The van der Waals surface area contributed by atoms with Gasteiger partial charge < -0.3 is 14.7 Å². The molecule has 1 saturated carbocycles. The maximum Gasteiger partial charge on any atom is 0.259 e. The first-order valence-corrected chi connectivity index (χ1v) is 9.86. The number of amides is 2. The fourth-order valence-electron chi connectivity index (χ4n) is 4.77. The topological polar surface area (TPSA) is 93.3 Å². The number of piperidine rings is 1. The Bertz CT molecular complexity index is 882. The summed E-state index contributed by atoms with van der Waals surface area (Å²) >= 11 is 0. The number of hydrogen-bond donors (Lipinski definition) is 1. The van der Waals surface area contributed by atoms with Gasteiger partial charge in [-0.3, -0.25) is 14.3 Å². The Labute approximate surface area is 164 Å². The number of nitrogens with zero attached hydrogens (tertiary/aromatic N) is 4. The Morgan fingerprint density at radius 1 is 1.18 bits per heavy atom. The molecular weight excluding hydrogens is 358 g/mol. The van der Waals surface area contributed by atoms with Gasteiger partial charge in [-0.1, -0.05) is 5.16 Å². The smallest absolute Gasteiger partial charge is 0.259 e. The van der Waals surface area contributed by atoms with Gasteiger partial charge in [0.05, 0.1) is 11.4 Å². The van der Waals surface area contributed by atoms with Crippen LogP contribution in [0.4, 0.5) is 0 Å². The predicted octanol–water partition coefficient (Wildman–Crippen LogP) is 1.77. The third kappa shape index (κ3) is 3.31. The molecule has 0 aromatic carbocycles. The molecule has 1 saturated heterocycles. The fraction of sp³-hybridized carbons (Fsp3) is 0.600. The van der Waals surface area contributed by atoms with Gasteiger partial charge in [0, 0.05) is 24.8 Å². The number of carbonyl (C=O) groups is 2. The van der Waals surface area contributed by atoms with E-state index in [0.717, 1.165) is 24.2 Å². The van der Waals surface area contributed by atoms with Crippen LogP contribution in [0.3, 0.4) is 0 Å². The van der Waals surface area contributed by atoms with Crippen LogP contribution >= 0.6 is 0 Å². The average molecular weight is 385 g/mol. The van der Waals surface area contributed by atoms with E-state index < -0.39 is 0 Å². The van der Waals surface area contributed by atoms with Gasteiger partial charge in [0.25, 0.3) is 5.91 Å². The number of hydrogen-bond acceptors (Lipinski definition) is 5. The van der Waals surface area contributed by atoms with Crippen molar-refractivity contribution in [3.63, 3.8) is 0 Å². The van der Waals surface area contributed by atoms with Crippen molar-refractivity contribution in [3.8, 4) is 0 Å². The molecule has 150 valence electrons. The molecule has 2 aliphatic rings. The average Bonchev–Trinajstić information content (AvgIpc) is 3.19. The maximum atomic E-state index is 13.0.